The zero-order valence-corrected chi connectivity index (χ0v) is 14.2. The second-order valence-corrected chi connectivity index (χ2v) is 6.03. The SMILES string of the molecule is COCc1nc2n(n1)CCC[C@H]2NC(=O)N[C@@H](C)c1ccc(C)o1. The number of amides is 2. The van der Waals surface area contributed by atoms with Crippen molar-refractivity contribution in [3.63, 3.8) is 0 Å². The third-order valence-electron chi connectivity index (χ3n) is 4.03. The Labute approximate surface area is 140 Å². The first kappa shape index (κ1) is 16.5. The highest BCUT2D eigenvalue weighted by Crippen LogP contribution is 2.23. The molecule has 2 aromatic heterocycles. The third-order valence-corrected chi connectivity index (χ3v) is 4.03. The zero-order valence-electron chi connectivity index (χ0n) is 14.2. The number of carbonyl (C=O) groups is 1. The highest BCUT2D eigenvalue weighted by molar-refractivity contribution is 5.74. The summed E-state index contributed by atoms with van der Waals surface area (Å²) in [6.45, 7) is 4.95. The molecule has 0 saturated heterocycles. The van der Waals surface area contributed by atoms with Gasteiger partial charge in [0.1, 0.15) is 24.0 Å². The molecular formula is C16H23N5O3. The van der Waals surface area contributed by atoms with E-state index in [0.29, 0.717) is 12.4 Å². The van der Waals surface area contributed by atoms with Crippen molar-refractivity contribution >= 4 is 6.03 Å². The molecule has 0 aromatic carbocycles. The first-order valence-electron chi connectivity index (χ1n) is 8.12. The van der Waals surface area contributed by atoms with Gasteiger partial charge in [0, 0.05) is 13.7 Å². The molecule has 0 bridgehead atoms. The van der Waals surface area contributed by atoms with Crippen molar-refractivity contribution in [2.24, 2.45) is 0 Å². The van der Waals surface area contributed by atoms with Gasteiger partial charge in [-0.3, -0.25) is 0 Å². The Hall–Kier alpha value is -2.35. The predicted octanol–water partition coefficient (Wildman–Crippen LogP) is 2.22. The molecule has 8 nitrogen and oxygen atoms in total. The second kappa shape index (κ2) is 7.04. The van der Waals surface area contributed by atoms with Crippen LogP contribution in [0.3, 0.4) is 0 Å². The smallest absolute Gasteiger partial charge is 0.315 e. The minimum Gasteiger partial charge on any atom is -0.464 e. The fourth-order valence-corrected chi connectivity index (χ4v) is 2.88. The molecule has 3 rings (SSSR count). The quantitative estimate of drug-likeness (QED) is 0.875. The van der Waals surface area contributed by atoms with Gasteiger partial charge < -0.3 is 19.8 Å². The number of furan rings is 1. The van der Waals surface area contributed by atoms with Gasteiger partial charge in [0.05, 0.1) is 12.1 Å². The first-order chi connectivity index (χ1) is 11.6. The Balaban J connectivity index is 1.63. The van der Waals surface area contributed by atoms with E-state index in [4.69, 9.17) is 9.15 Å². The lowest BCUT2D eigenvalue weighted by molar-refractivity contribution is 0.177. The Morgan fingerprint density at radius 1 is 1.54 bits per heavy atom. The molecule has 0 spiro atoms. The number of methoxy groups -OCH3 is 1. The van der Waals surface area contributed by atoms with Crippen molar-refractivity contribution < 1.29 is 13.9 Å². The molecular weight excluding hydrogens is 310 g/mol. The van der Waals surface area contributed by atoms with E-state index in [1.807, 2.05) is 30.7 Å². The van der Waals surface area contributed by atoms with Crippen LogP contribution in [0.2, 0.25) is 0 Å². The van der Waals surface area contributed by atoms with Gasteiger partial charge >= 0.3 is 6.03 Å². The van der Waals surface area contributed by atoms with Gasteiger partial charge in [-0.2, -0.15) is 5.10 Å². The number of urea groups is 1. The number of fused-ring (bicyclic) bond motifs is 1. The van der Waals surface area contributed by atoms with E-state index in [-0.39, 0.29) is 18.1 Å². The van der Waals surface area contributed by atoms with Crippen LogP contribution in [0.5, 0.6) is 0 Å². The molecule has 0 fully saturated rings. The second-order valence-electron chi connectivity index (χ2n) is 6.03. The Kier molecular flexibility index (Phi) is 4.84. The van der Waals surface area contributed by atoms with Crippen LogP contribution in [0.15, 0.2) is 16.5 Å². The predicted molar refractivity (Wildman–Crippen MR) is 86.2 cm³/mol. The van der Waals surface area contributed by atoms with Gasteiger partial charge in [-0.05, 0) is 38.8 Å². The van der Waals surface area contributed by atoms with Crippen LogP contribution < -0.4 is 10.6 Å². The zero-order chi connectivity index (χ0) is 17.1. The lowest BCUT2D eigenvalue weighted by Gasteiger charge is -2.24. The van der Waals surface area contributed by atoms with E-state index >= 15 is 0 Å². The number of ether oxygens (including phenoxy) is 1. The van der Waals surface area contributed by atoms with Crippen LogP contribution in [0.4, 0.5) is 4.79 Å². The van der Waals surface area contributed by atoms with E-state index in [9.17, 15) is 4.79 Å². The van der Waals surface area contributed by atoms with E-state index in [2.05, 4.69) is 20.7 Å². The number of nitrogens with zero attached hydrogens (tertiary/aromatic N) is 3. The van der Waals surface area contributed by atoms with Gasteiger partial charge in [0.15, 0.2) is 5.82 Å². The number of hydrogen-bond acceptors (Lipinski definition) is 5. The van der Waals surface area contributed by atoms with Gasteiger partial charge in [-0.1, -0.05) is 0 Å². The topological polar surface area (TPSA) is 94.2 Å². The first-order valence-corrected chi connectivity index (χ1v) is 8.12. The van der Waals surface area contributed by atoms with Crippen LogP contribution in [-0.4, -0.2) is 27.9 Å². The molecule has 8 heteroatoms. The van der Waals surface area contributed by atoms with Crippen LogP contribution in [0, 0.1) is 6.92 Å². The maximum absolute atomic E-state index is 12.3. The molecule has 130 valence electrons. The number of hydrogen-bond donors (Lipinski definition) is 2. The van der Waals surface area contributed by atoms with E-state index in [1.54, 1.807) is 7.11 Å². The maximum Gasteiger partial charge on any atom is 0.315 e. The molecule has 0 radical (unpaired) electrons. The summed E-state index contributed by atoms with van der Waals surface area (Å²) < 4.78 is 12.5. The van der Waals surface area contributed by atoms with Gasteiger partial charge in [0.25, 0.3) is 0 Å². The Bertz CT molecular complexity index is 708. The molecule has 3 heterocycles. The van der Waals surface area contributed by atoms with Gasteiger partial charge in [-0.25, -0.2) is 14.5 Å². The van der Waals surface area contributed by atoms with Gasteiger partial charge in [0.2, 0.25) is 0 Å². The summed E-state index contributed by atoms with van der Waals surface area (Å²) in [6, 6.07) is 3.15. The van der Waals surface area contributed by atoms with Crippen molar-refractivity contribution in [1.82, 2.24) is 25.4 Å². The van der Waals surface area contributed by atoms with Crippen LogP contribution in [0.25, 0.3) is 0 Å². The molecule has 2 atom stereocenters. The molecule has 1 aliphatic heterocycles. The fourth-order valence-electron chi connectivity index (χ4n) is 2.88. The third kappa shape index (κ3) is 3.59. The minimum absolute atomic E-state index is 0.151. The Morgan fingerprint density at radius 2 is 2.38 bits per heavy atom. The fraction of sp³-hybridized carbons (Fsp3) is 0.562. The van der Waals surface area contributed by atoms with Crippen molar-refractivity contribution in [1.29, 1.82) is 0 Å². The highest BCUT2D eigenvalue weighted by atomic mass is 16.5. The molecule has 2 amide bonds. The number of aryl methyl sites for hydroxylation is 2. The molecule has 0 saturated carbocycles. The lowest BCUT2D eigenvalue weighted by atomic mass is 10.1. The van der Waals surface area contributed by atoms with Crippen molar-refractivity contribution in [3.05, 3.63) is 35.3 Å². The highest BCUT2D eigenvalue weighted by Gasteiger charge is 2.26. The summed E-state index contributed by atoms with van der Waals surface area (Å²) in [6.07, 6.45) is 1.79. The van der Waals surface area contributed by atoms with E-state index < -0.39 is 0 Å². The van der Waals surface area contributed by atoms with Crippen LogP contribution in [-0.2, 0) is 17.9 Å². The minimum atomic E-state index is -0.244. The number of rotatable bonds is 5. The molecule has 1 aliphatic rings. The molecule has 0 unspecified atom stereocenters. The summed E-state index contributed by atoms with van der Waals surface area (Å²) in [5.74, 6) is 2.98. The van der Waals surface area contributed by atoms with E-state index in [0.717, 1.165) is 36.7 Å². The van der Waals surface area contributed by atoms with Crippen LogP contribution >= 0.6 is 0 Å². The van der Waals surface area contributed by atoms with Gasteiger partial charge in [-0.15, -0.1) is 0 Å². The number of nitrogens with one attached hydrogen (secondary N) is 2. The molecule has 2 N–H and O–H groups in total. The number of carbonyl (C=O) groups excluding carboxylic acids is 1. The normalized spacial score (nSPS) is 18.0. The number of aromatic nitrogens is 3. The van der Waals surface area contributed by atoms with E-state index in [1.165, 1.54) is 0 Å². The van der Waals surface area contributed by atoms with Crippen LogP contribution in [0.1, 0.15) is 55.0 Å². The average Bonchev–Trinajstić information content (AvgIpc) is 3.14. The van der Waals surface area contributed by atoms with Crippen molar-refractivity contribution in [2.45, 2.75) is 51.9 Å². The summed E-state index contributed by atoms with van der Waals surface area (Å²) in [5.41, 5.74) is 0. The molecule has 0 aliphatic carbocycles. The lowest BCUT2D eigenvalue weighted by Crippen LogP contribution is -2.41. The summed E-state index contributed by atoms with van der Waals surface area (Å²) >= 11 is 0. The molecule has 2 aromatic rings. The monoisotopic (exact) mass is 333 g/mol. The molecule has 24 heavy (non-hydrogen) atoms. The van der Waals surface area contributed by atoms with Crippen molar-refractivity contribution in [3.8, 4) is 0 Å². The standard InChI is InChI=1S/C16H23N5O3/c1-10-6-7-13(24-10)11(2)17-16(22)18-12-5-4-8-21-15(12)19-14(20-21)9-23-3/h6-7,11-12H,4-5,8-9H2,1-3H3,(H2,17,18,22)/t11-,12+/m0/s1. The Morgan fingerprint density at radius 3 is 3.08 bits per heavy atom. The summed E-state index contributed by atoms with van der Waals surface area (Å²) in [5, 5.41) is 10.3. The largest absolute Gasteiger partial charge is 0.464 e. The maximum atomic E-state index is 12.3. The summed E-state index contributed by atoms with van der Waals surface area (Å²) in [7, 11) is 1.61. The summed E-state index contributed by atoms with van der Waals surface area (Å²) in [4.78, 5) is 16.8. The van der Waals surface area contributed by atoms with Crippen molar-refractivity contribution in [2.75, 3.05) is 7.11 Å². The average molecular weight is 333 g/mol.